The van der Waals surface area contributed by atoms with Crippen LogP contribution in [0.3, 0.4) is 0 Å². The topological polar surface area (TPSA) is 68.3 Å². The molecule has 0 radical (unpaired) electrons. The maximum Gasteiger partial charge on any atom is 0.144 e. The minimum Gasteiger partial charge on any atom is -0.494 e. The molecule has 1 N–H and O–H groups in total. The van der Waals surface area contributed by atoms with Gasteiger partial charge in [0.15, 0.2) is 0 Å². The van der Waals surface area contributed by atoms with E-state index in [1.165, 1.54) is 0 Å². The maximum absolute atomic E-state index is 10.1. The number of aryl methyl sites for hydroxylation is 1. The summed E-state index contributed by atoms with van der Waals surface area (Å²) >= 11 is 0. The fraction of sp³-hybridized carbons (Fsp3) is 0.429. The molecule has 1 aliphatic heterocycles. The molecular formula is C21H27N5O2. The number of aliphatic hydroxyl groups excluding tert-OH is 1. The smallest absolute Gasteiger partial charge is 0.144 e. The number of benzene rings is 1. The van der Waals surface area contributed by atoms with Gasteiger partial charge in [-0.3, -0.25) is 9.58 Å². The predicted octanol–water partition coefficient (Wildman–Crippen LogP) is 2.93. The van der Waals surface area contributed by atoms with E-state index in [9.17, 15) is 5.11 Å². The zero-order valence-corrected chi connectivity index (χ0v) is 16.5. The van der Waals surface area contributed by atoms with Gasteiger partial charge in [0.2, 0.25) is 0 Å². The van der Waals surface area contributed by atoms with Gasteiger partial charge in [-0.25, -0.2) is 4.68 Å². The third kappa shape index (κ3) is 3.81. The van der Waals surface area contributed by atoms with Crippen LogP contribution in [-0.4, -0.2) is 43.2 Å². The second-order valence-electron chi connectivity index (χ2n) is 7.24. The van der Waals surface area contributed by atoms with Gasteiger partial charge in [-0.15, -0.1) is 0 Å². The summed E-state index contributed by atoms with van der Waals surface area (Å²) < 4.78 is 9.36. The molecule has 7 nitrogen and oxygen atoms in total. The highest BCUT2D eigenvalue weighted by molar-refractivity contribution is 5.46. The first-order chi connectivity index (χ1) is 13.7. The first-order valence-electron chi connectivity index (χ1n) is 9.82. The Morgan fingerprint density at radius 3 is 2.93 bits per heavy atom. The zero-order valence-electron chi connectivity index (χ0n) is 16.5. The van der Waals surface area contributed by atoms with E-state index in [0.717, 1.165) is 61.0 Å². The molecule has 0 aliphatic carbocycles. The molecular weight excluding hydrogens is 354 g/mol. The number of methoxy groups -OCH3 is 1. The largest absolute Gasteiger partial charge is 0.494 e. The molecule has 0 saturated carbocycles. The summed E-state index contributed by atoms with van der Waals surface area (Å²) in [6, 6.07) is 9.93. The van der Waals surface area contributed by atoms with E-state index in [0.29, 0.717) is 6.42 Å². The van der Waals surface area contributed by atoms with Crippen LogP contribution in [0.5, 0.6) is 5.75 Å². The van der Waals surface area contributed by atoms with Crippen molar-refractivity contribution in [3.8, 4) is 11.4 Å². The minimum absolute atomic E-state index is 0.480. The van der Waals surface area contributed by atoms with Crippen LogP contribution in [0, 0.1) is 0 Å². The SMILES string of the molecule is CCC(O)c1cc2n(n1)CCCN(Cc1cnn(-c3ccccc3OC)c1)C2. The van der Waals surface area contributed by atoms with Crippen molar-refractivity contribution >= 4 is 0 Å². The Morgan fingerprint density at radius 1 is 1.25 bits per heavy atom. The zero-order chi connectivity index (χ0) is 19.5. The molecule has 148 valence electrons. The number of fused-ring (bicyclic) bond motifs is 1. The molecule has 28 heavy (non-hydrogen) atoms. The molecule has 3 aromatic rings. The van der Waals surface area contributed by atoms with Crippen molar-refractivity contribution < 1.29 is 9.84 Å². The van der Waals surface area contributed by atoms with Gasteiger partial charge >= 0.3 is 0 Å². The van der Waals surface area contributed by atoms with Gasteiger partial charge in [0.1, 0.15) is 11.4 Å². The monoisotopic (exact) mass is 381 g/mol. The van der Waals surface area contributed by atoms with Crippen LogP contribution in [0.25, 0.3) is 5.69 Å². The molecule has 1 aromatic carbocycles. The predicted molar refractivity (Wildman–Crippen MR) is 106 cm³/mol. The quantitative estimate of drug-likeness (QED) is 0.711. The van der Waals surface area contributed by atoms with E-state index in [-0.39, 0.29) is 0 Å². The van der Waals surface area contributed by atoms with Crippen molar-refractivity contribution in [2.45, 2.75) is 45.5 Å². The second kappa shape index (κ2) is 8.16. The number of nitrogens with zero attached hydrogens (tertiary/aromatic N) is 5. The van der Waals surface area contributed by atoms with Gasteiger partial charge in [0.25, 0.3) is 0 Å². The molecule has 1 unspecified atom stereocenters. The lowest BCUT2D eigenvalue weighted by Crippen LogP contribution is -2.22. The Balaban J connectivity index is 1.49. The Labute approximate surface area is 165 Å². The Morgan fingerprint density at radius 2 is 2.11 bits per heavy atom. The van der Waals surface area contributed by atoms with Gasteiger partial charge in [0, 0.05) is 37.9 Å². The summed E-state index contributed by atoms with van der Waals surface area (Å²) in [5.41, 5.74) is 4.04. The lowest BCUT2D eigenvalue weighted by atomic mass is 10.2. The Bertz CT molecular complexity index is 933. The number of aliphatic hydroxyl groups is 1. The molecule has 1 atom stereocenters. The first-order valence-corrected chi connectivity index (χ1v) is 9.82. The van der Waals surface area contributed by atoms with E-state index in [1.807, 2.05) is 52.8 Å². The summed E-state index contributed by atoms with van der Waals surface area (Å²) in [7, 11) is 1.67. The average Bonchev–Trinajstić information content (AvgIpc) is 3.30. The van der Waals surface area contributed by atoms with Crippen LogP contribution in [0.4, 0.5) is 0 Å². The number of hydrogen-bond acceptors (Lipinski definition) is 5. The fourth-order valence-corrected chi connectivity index (χ4v) is 3.71. The highest BCUT2D eigenvalue weighted by Crippen LogP contribution is 2.23. The van der Waals surface area contributed by atoms with E-state index < -0.39 is 6.10 Å². The van der Waals surface area contributed by atoms with E-state index >= 15 is 0 Å². The van der Waals surface area contributed by atoms with Crippen LogP contribution >= 0.6 is 0 Å². The van der Waals surface area contributed by atoms with E-state index in [2.05, 4.69) is 21.3 Å². The molecule has 2 aromatic heterocycles. The van der Waals surface area contributed by atoms with Gasteiger partial charge in [0.05, 0.1) is 30.8 Å². The van der Waals surface area contributed by atoms with Gasteiger partial charge in [-0.1, -0.05) is 19.1 Å². The third-order valence-corrected chi connectivity index (χ3v) is 5.21. The van der Waals surface area contributed by atoms with Crippen molar-refractivity contribution in [3.05, 3.63) is 59.7 Å². The Hall–Kier alpha value is -2.64. The summed E-state index contributed by atoms with van der Waals surface area (Å²) in [6.45, 7) is 5.52. The van der Waals surface area contributed by atoms with Crippen LogP contribution in [0.1, 0.15) is 42.8 Å². The molecule has 0 saturated heterocycles. The van der Waals surface area contributed by atoms with Crippen molar-refractivity contribution in [1.29, 1.82) is 0 Å². The summed E-state index contributed by atoms with van der Waals surface area (Å²) in [5.74, 6) is 0.804. The van der Waals surface area contributed by atoms with E-state index in [1.54, 1.807) is 7.11 Å². The van der Waals surface area contributed by atoms with Crippen LogP contribution < -0.4 is 4.74 Å². The van der Waals surface area contributed by atoms with Crippen LogP contribution in [0.15, 0.2) is 42.7 Å². The van der Waals surface area contributed by atoms with Crippen molar-refractivity contribution in [1.82, 2.24) is 24.5 Å². The number of hydrogen-bond donors (Lipinski definition) is 1. The normalized spacial score (nSPS) is 15.8. The molecule has 3 heterocycles. The first kappa shape index (κ1) is 18.7. The Kier molecular flexibility index (Phi) is 5.45. The van der Waals surface area contributed by atoms with Gasteiger partial charge in [-0.05, 0) is 31.0 Å². The molecule has 0 amide bonds. The van der Waals surface area contributed by atoms with Crippen molar-refractivity contribution in [3.63, 3.8) is 0 Å². The number of aromatic nitrogens is 4. The van der Waals surface area contributed by atoms with Crippen LogP contribution in [0.2, 0.25) is 0 Å². The third-order valence-electron chi connectivity index (χ3n) is 5.21. The molecule has 0 spiro atoms. The standard InChI is InChI=1S/C21H27N5O2/c1-3-20(27)18-11-17-15-24(9-6-10-25(17)23-18)13-16-12-22-26(14-16)19-7-4-5-8-21(19)28-2/h4-5,7-8,11-12,14,20,27H,3,6,9-10,13,15H2,1-2H3. The number of ether oxygens (including phenoxy) is 1. The lowest BCUT2D eigenvalue weighted by Gasteiger charge is -2.18. The minimum atomic E-state index is -0.480. The molecule has 7 heteroatoms. The maximum atomic E-state index is 10.1. The average molecular weight is 381 g/mol. The molecule has 4 rings (SSSR count). The molecule has 0 fully saturated rings. The highest BCUT2D eigenvalue weighted by Gasteiger charge is 2.19. The number of para-hydroxylation sites is 2. The van der Waals surface area contributed by atoms with Crippen molar-refractivity contribution in [2.24, 2.45) is 0 Å². The fourth-order valence-electron chi connectivity index (χ4n) is 3.71. The summed E-state index contributed by atoms with van der Waals surface area (Å²) in [4.78, 5) is 2.41. The van der Waals surface area contributed by atoms with Crippen LogP contribution in [-0.2, 0) is 19.6 Å². The molecule has 1 aliphatic rings. The molecule has 0 bridgehead atoms. The summed E-state index contributed by atoms with van der Waals surface area (Å²) in [5, 5.41) is 19.2. The van der Waals surface area contributed by atoms with Gasteiger partial charge < -0.3 is 9.84 Å². The second-order valence-corrected chi connectivity index (χ2v) is 7.24. The van der Waals surface area contributed by atoms with Gasteiger partial charge in [-0.2, -0.15) is 10.2 Å². The lowest BCUT2D eigenvalue weighted by molar-refractivity contribution is 0.167. The number of rotatable bonds is 6. The summed E-state index contributed by atoms with van der Waals surface area (Å²) in [6.07, 6.45) is 5.22. The van der Waals surface area contributed by atoms with E-state index in [4.69, 9.17) is 4.74 Å². The highest BCUT2D eigenvalue weighted by atomic mass is 16.5. The van der Waals surface area contributed by atoms with Crippen molar-refractivity contribution in [2.75, 3.05) is 13.7 Å².